The van der Waals surface area contributed by atoms with Crippen molar-refractivity contribution >= 4 is 11.9 Å². The Bertz CT molecular complexity index is 314. The number of aliphatic hydroxyl groups excluding tert-OH is 1. The van der Waals surface area contributed by atoms with E-state index >= 15 is 0 Å². The minimum Gasteiger partial charge on any atom is -0.392 e. The molecule has 0 saturated carbocycles. The number of hydrogen-bond donors (Lipinski definition) is 1. The number of carbonyl (C=O) groups is 1. The Kier molecular flexibility index (Phi) is 3.34. The van der Waals surface area contributed by atoms with Gasteiger partial charge >= 0.3 is 0 Å². The van der Waals surface area contributed by atoms with Gasteiger partial charge in [-0.3, -0.25) is 9.78 Å². The fraction of sp³-hybridized carbons (Fsp3) is 0.200. The van der Waals surface area contributed by atoms with Gasteiger partial charge in [-0.15, -0.1) is 0 Å². The van der Waals surface area contributed by atoms with Crippen molar-refractivity contribution in [2.45, 2.75) is 6.92 Å². The third-order valence-corrected chi connectivity index (χ3v) is 1.59. The summed E-state index contributed by atoms with van der Waals surface area (Å²) in [5, 5.41) is 8.50. The first-order valence-electron chi connectivity index (χ1n) is 3.98. The molecule has 3 heteroatoms. The molecule has 1 aromatic heterocycles. The molecule has 0 atom stereocenters. The quantitative estimate of drug-likeness (QED) is 0.708. The molecule has 0 bridgehead atoms. The standard InChI is InChI=1S/C10H11NO2/c1-8(13)9-4-5-10(11-7-9)3-2-6-12/h2-5,7,12H,6H2,1H3. The summed E-state index contributed by atoms with van der Waals surface area (Å²) in [6, 6.07) is 3.45. The van der Waals surface area contributed by atoms with Crippen LogP contribution in [0.25, 0.3) is 6.08 Å². The molecule has 0 aliphatic heterocycles. The molecule has 0 unspecified atom stereocenters. The van der Waals surface area contributed by atoms with Gasteiger partial charge in [-0.2, -0.15) is 0 Å². The summed E-state index contributed by atoms with van der Waals surface area (Å²) in [4.78, 5) is 14.9. The highest BCUT2D eigenvalue weighted by Crippen LogP contribution is 2.02. The van der Waals surface area contributed by atoms with Gasteiger partial charge < -0.3 is 5.11 Å². The van der Waals surface area contributed by atoms with Gasteiger partial charge in [0.2, 0.25) is 0 Å². The van der Waals surface area contributed by atoms with Gasteiger partial charge in [0.05, 0.1) is 12.3 Å². The second-order valence-corrected chi connectivity index (χ2v) is 2.61. The molecule has 0 fully saturated rings. The van der Waals surface area contributed by atoms with Crippen molar-refractivity contribution in [3.63, 3.8) is 0 Å². The zero-order valence-electron chi connectivity index (χ0n) is 7.40. The molecule has 3 nitrogen and oxygen atoms in total. The lowest BCUT2D eigenvalue weighted by molar-refractivity contribution is 0.101. The van der Waals surface area contributed by atoms with Crippen molar-refractivity contribution in [2.75, 3.05) is 6.61 Å². The van der Waals surface area contributed by atoms with Crippen LogP contribution in [0, 0.1) is 0 Å². The Balaban J connectivity index is 2.81. The first kappa shape index (κ1) is 9.61. The first-order chi connectivity index (χ1) is 6.24. The topological polar surface area (TPSA) is 50.2 Å². The number of pyridine rings is 1. The van der Waals surface area contributed by atoms with Gasteiger partial charge in [-0.25, -0.2) is 0 Å². The van der Waals surface area contributed by atoms with Gasteiger partial charge in [0.15, 0.2) is 5.78 Å². The molecular formula is C10H11NO2. The zero-order chi connectivity index (χ0) is 9.68. The molecule has 0 saturated heterocycles. The summed E-state index contributed by atoms with van der Waals surface area (Å²) in [6.07, 6.45) is 4.82. The van der Waals surface area contributed by atoms with Crippen LogP contribution in [0.15, 0.2) is 24.4 Å². The number of ketones is 1. The van der Waals surface area contributed by atoms with E-state index in [9.17, 15) is 4.79 Å². The molecule has 68 valence electrons. The van der Waals surface area contributed by atoms with Crippen LogP contribution in [0.2, 0.25) is 0 Å². The molecule has 0 amide bonds. The third-order valence-electron chi connectivity index (χ3n) is 1.59. The lowest BCUT2D eigenvalue weighted by Gasteiger charge is -1.95. The number of carbonyl (C=O) groups excluding carboxylic acids is 1. The van der Waals surface area contributed by atoms with Crippen LogP contribution < -0.4 is 0 Å². The Labute approximate surface area is 76.7 Å². The number of aromatic nitrogens is 1. The summed E-state index contributed by atoms with van der Waals surface area (Å²) in [7, 11) is 0. The summed E-state index contributed by atoms with van der Waals surface area (Å²) in [5.41, 5.74) is 1.33. The highest BCUT2D eigenvalue weighted by atomic mass is 16.2. The van der Waals surface area contributed by atoms with Gasteiger partial charge in [0.1, 0.15) is 0 Å². The lowest BCUT2D eigenvalue weighted by Crippen LogP contribution is -1.93. The Hall–Kier alpha value is -1.48. The van der Waals surface area contributed by atoms with E-state index in [1.807, 2.05) is 0 Å². The molecule has 1 N–H and O–H groups in total. The summed E-state index contributed by atoms with van der Waals surface area (Å²) in [6.45, 7) is 1.50. The largest absolute Gasteiger partial charge is 0.392 e. The molecular weight excluding hydrogens is 166 g/mol. The van der Waals surface area contributed by atoms with E-state index in [2.05, 4.69) is 4.98 Å². The van der Waals surface area contributed by atoms with Crippen LogP contribution in [0.5, 0.6) is 0 Å². The third kappa shape index (κ3) is 2.80. The minimum absolute atomic E-state index is 0.00383. The van der Waals surface area contributed by atoms with Crippen LogP contribution in [0.4, 0.5) is 0 Å². The minimum atomic E-state index is -0.00383. The highest BCUT2D eigenvalue weighted by Gasteiger charge is 1.97. The van der Waals surface area contributed by atoms with E-state index < -0.39 is 0 Å². The van der Waals surface area contributed by atoms with E-state index in [0.29, 0.717) is 5.56 Å². The molecule has 0 spiro atoms. The van der Waals surface area contributed by atoms with Crippen molar-refractivity contribution in [1.82, 2.24) is 4.98 Å². The van der Waals surface area contributed by atoms with Gasteiger partial charge in [-0.05, 0) is 25.1 Å². The number of Topliss-reactive ketones (excluding diaryl/α,β-unsaturated/α-hetero) is 1. The van der Waals surface area contributed by atoms with Gasteiger partial charge in [0.25, 0.3) is 0 Å². The lowest BCUT2D eigenvalue weighted by atomic mass is 10.2. The Morgan fingerprint density at radius 1 is 1.62 bits per heavy atom. The van der Waals surface area contributed by atoms with Crippen molar-refractivity contribution in [3.05, 3.63) is 35.7 Å². The molecule has 1 heterocycles. The number of rotatable bonds is 3. The van der Waals surface area contributed by atoms with Crippen molar-refractivity contribution in [2.24, 2.45) is 0 Å². The molecule has 0 aliphatic carbocycles. The second kappa shape index (κ2) is 4.52. The Morgan fingerprint density at radius 2 is 2.38 bits per heavy atom. The molecule has 0 aromatic carbocycles. The van der Waals surface area contributed by atoms with Crippen LogP contribution >= 0.6 is 0 Å². The van der Waals surface area contributed by atoms with E-state index in [-0.39, 0.29) is 12.4 Å². The summed E-state index contributed by atoms with van der Waals surface area (Å²) >= 11 is 0. The van der Waals surface area contributed by atoms with E-state index in [4.69, 9.17) is 5.11 Å². The predicted molar refractivity (Wildman–Crippen MR) is 50.4 cm³/mol. The van der Waals surface area contributed by atoms with Crippen molar-refractivity contribution in [1.29, 1.82) is 0 Å². The maximum Gasteiger partial charge on any atom is 0.161 e. The van der Waals surface area contributed by atoms with Gasteiger partial charge in [-0.1, -0.05) is 6.08 Å². The van der Waals surface area contributed by atoms with Crippen LogP contribution in [0.3, 0.4) is 0 Å². The van der Waals surface area contributed by atoms with Gasteiger partial charge in [0, 0.05) is 11.8 Å². The fourth-order valence-corrected chi connectivity index (χ4v) is 0.886. The molecule has 0 aliphatic rings. The number of aliphatic hydroxyl groups is 1. The van der Waals surface area contributed by atoms with Crippen LogP contribution in [-0.2, 0) is 0 Å². The predicted octanol–water partition coefficient (Wildman–Crippen LogP) is 1.29. The maximum atomic E-state index is 10.9. The Morgan fingerprint density at radius 3 is 2.85 bits per heavy atom. The van der Waals surface area contributed by atoms with Crippen molar-refractivity contribution in [3.8, 4) is 0 Å². The first-order valence-corrected chi connectivity index (χ1v) is 3.98. The normalized spacial score (nSPS) is 10.6. The van der Waals surface area contributed by atoms with E-state index in [1.165, 1.54) is 13.1 Å². The highest BCUT2D eigenvalue weighted by molar-refractivity contribution is 5.93. The average Bonchev–Trinajstić information content (AvgIpc) is 2.15. The molecule has 1 rings (SSSR count). The van der Waals surface area contributed by atoms with Crippen LogP contribution in [0.1, 0.15) is 23.0 Å². The van der Waals surface area contributed by atoms with Crippen LogP contribution in [-0.4, -0.2) is 22.5 Å². The molecule has 0 radical (unpaired) electrons. The second-order valence-electron chi connectivity index (χ2n) is 2.61. The number of nitrogens with zero attached hydrogens (tertiary/aromatic N) is 1. The monoisotopic (exact) mass is 177 g/mol. The smallest absolute Gasteiger partial charge is 0.161 e. The SMILES string of the molecule is CC(=O)c1ccc(C=CCO)nc1. The zero-order valence-corrected chi connectivity index (χ0v) is 7.40. The molecule has 1 aromatic rings. The summed E-state index contributed by atoms with van der Waals surface area (Å²) < 4.78 is 0. The van der Waals surface area contributed by atoms with Crippen molar-refractivity contribution < 1.29 is 9.90 Å². The fourth-order valence-electron chi connectivity index (χ4n) is 0.886. The van der Waals surface area contributed by atoms with E-state index in [1.54, 1.807) is 24.3 Å². The molecule has 13 heavy (non-hydrogen) atoms. The summed E-state index contributed by atoms with van der Waals surface area (Å²) in [5.74, 6) is 0.00480. The van der Waals surface area contributed by atoms with E-state index in [0.717, 1.165) is 5.69 Å². The average molecular weight is 177 g/mol. The maximum absolute atomic E-state index is 10.9. The number of hydrogen-bond acceptors (Lipinski definition) is 3.